The summed E-state index contributed by atoms with van der Waals surface area (Å²) in [6.45, 7) is 6.41. The third kappa shape index (κ3) is 5.40. The van der Waals surface area contributed by atoms with Gasteiger partial charge in [0.1, 0.15) is 17.5 Å². The van der Waals surface area contributed by atoms with E-state index in [0.29, 0.717) is 54.8 Å². The molecule has 0 atom stereocenters. The number of methoxy groups -OCH3 is 3. The fourth-order valence-corrected chi connectivity index (χ4v) is 4.09. The van der Waals surface area contributed by atoms with Crippen LogP contribution in [-0.4, -0.2) is 68.3 Å². The SMILES string of the molecule is COc1cc(C(=O)N2CCN(c3cc(Nc4ccc(C)cc4)nc(C)n3)CC2)cc(OC)c1OC. The first-order chi connectivity index (χ1) is 16.9. The summed E-state index contributed by atoms with van der Waals surface area (Å²) in [5.41, 5.74) is 2.67. The zero-order valence-electron chi connectivity index (χ0n) is 20.8. The summed E-state index contributed by atoms with van der Waals surface area (Å²) in [6.07, 6.45) is 0. The Bertz CT molecular complexity index is 1170. The number of benzene rings is 2. The van der Waals surface area contributed by atoms with Crippen molar-refractivity contribution < 1.29 is 19.0 Å². The fraction of sp³-hybridized carbons (Fsp3) is 0.346. The molecule has 9 heteroatoms. The van der Waals surface area contributed by atoms with E-state index < -0.39 is 0 Å². The molecule has 0 bridgehead atoms. The van der Waals surface area contributed by atoms with Crippen LogP contribution in [0.3, 0.4) is 0 Å². The van der Waals surface area contributed by atoms with E-state index in [9.17, 15) is 4.79 Å². The molecule has 0 radical (unpaired) electrons. The number of nitrogens with one attached hydrogen (secondary N) is 1. The Hall–Kier alpha value is -4.01. The Kier molecular flexibility index (Phi) is 7.24. The van der Waals surface area contributed by atoms with Crippen LogP contribution in [0.25, 0.3) is 0 Å². The number of ether oxygens (including phenoxy) is 3. The largest absolute Gasteiger partial charge is 0.493 e. The average Bonchev–Trinajstić information content (AvgIpc) is 2.88. The van der Waals surface area contributed by atoms with E-state index in [1.54, 1.807) is 12.1 Å². The van der Waals surface area contributed by atoms with Crippen LogP contribution in [0.4, 0.5) is 17.3 Å². The van der Waals surface area contributed by atoms with Crippen molar-refractivity contribution in [2.45, 2.75) is 13.8 Å². The van der Waals surface area contributed by atoms with Gasteiger partial charge in [-0.25, -0.2) is 9.97 Å². The molecule has 1 aliphatic heterocycles. The van der Waals surface area contributed by atoms with Crippen LogP contribution in [0.1, 0.15) is 21.7 Å². The summed E-state index contributed by atoms with van der Waals surface area (Å²) in [6, 6.07) is 13.5. The van der Waals surface area contributed by atoms with Gasteiger partial charge in [-0.15, -0.1) is 0 Å². The molecule has 0 aliphatic carbocycles. The molecule has 1 aliphatic rings. The van der Waals surface area contributed by atoms with E-state index in [-0.39, 0.29) is 5.91 Å². The number of aryl methyl sites for hydroxylation is 2. The second-order valence-corrected chi connectivity index (χ2v) is 8.34. The Morgan fingerprint density at radius 1 is 0.857 bits per heavy atom. The molecule has 2 heterocycles. The summed E-state index contributed by atoms with van der Waals surface area (Å²) in [4.78, 5) is 26.4. The van der Waals surface area contributed by atoms with E-state index in [0.717, 1.165) is 17.3 Å². The van der Waals surface area contributed by atoms with E-state index >= 15 is 0 Å². The Morgan fingerprint density at radius 3 is 2.06 bits per heavy atom. The van der Waals surface area contributed by atoms with Crippen LogP contribution < -0.4 is 24.4 Å². The number of piperazine rings is 1. The highest BCUT2D eigenvalue weighted by Crippen LogP contribution is 2.38. The van der Waals surface area contributed by atoms with Crippen molar-refractivity contribution in [1.29, 1.82) is 0 Å². The van der Waals surface area contributed by atoms with Crippen molar-refractivity contribution in [3.8, 4) is 17.2 Å². The van der Waals surface area contributed by atoms with Crippen molar-refractivity contribution in [3.05, 3.63) is 59.4 Å². The number of nitrogens with zero attached hydrogens (tertiary/aromatic N) is 4. The third-order valence-corrected chi connectivity index (χ3v) is 5.95. The number of carbonyl (C=O) groups excluding carboxylic acids is 1. The van der Waals surface area contributed by atoms with Crippen LogP contribution in [0.5, 0.6) is 17.2 Å². The first-order valence-electron chi connectivity index (χ1n) is 11.5. The Balaban J connectivity index is 1.45. The molecule has 9 nitrogen and oxygen atoms in total. The van der Waals surface area contributed by atoms with Crippen molar-refractivity contribution in [2.75, 3.05) is 57.7 Å². The molecule has 1 saturated heterocycles. The maximum Gasteiger partial charge on any atom is 0.254 e. The predicted octanol–water partition coefficient (Wildman–Crippen LogP) is 3.83. The van der Waals surface area contributed by atoms with Gasteiger partial charge in [0.05, 0.1) is 21.3 Å². The maximum atomic E-state index is 13.2. The van der Waals surface area contributed by atoms with Gasteiger partial charge in [-0.2, -0.15) is 0 Å². The number of anilines is 3. The van der Waals surface area contributed by atoms with Crippen LogP contribution in [0, 0.1) is 13.8 Å². The van der Waals surface area contributed by atoms with Gasteiger partial charge in [0.25, 0.3) is 5.91 Å². The number of hydrogen-bond donors (Lipinski definition) is 1. The lowest BCUT2D eigenvalue weighted by Gasteiger charge is -2.35. The molecule has 0 unspecified atom stereocenters. The highest BCUT2D eigenvalue weighted by atomic mass is 16.5. The molecule has 1 N–H and O–H groups in total. The molecule has 184 valence electrons. The van der Waals surface area contributed by atoms with Gasteiger partial charge in [0.15, 0.2) is 11.5 Å². The number of rotatable bonds is 7. The topological polar surface area (TPSA) is 89.1 Å². The standard InChI is InChI=1S/C26H31N5O4/c1-17-6-8-20(9-7-17)29-23-16-24(28-18(2)27-23)30-10-12-31(13-11-30)26(32)19-14-21(33-3)25(35-5)22(15-19)34-4/h6-9,14-16H,10-13H2,1-5H3,(H,27,28,29). The molecular formula is C26H31N5O4. The van der Waals surface area contributed by atoms with Crippen molar-refractivity contribution in [3.63, 3.8) is 0 Å². The second-order valence-electron chi connectivity index (χ2n) is 8.34. The highest BCUT2D eigenvalue weighted by molar-refractivity contribution is 5.95. The number of aromatic nitrogens is 2. The first-order valence-corrected chi connectivity index (χ1v) is 11.5. The van der Waals surface area contributed by atoms with Gasteiger partial charge < -0.3 is 29.3 Å². The molecule has 2 aromatic carbocycles. The molecular weight excluding hydrogens is 446 g/mol. The lowest BCUT2D eigenvalue weighted by Crippen LogP contribution is -2.49. The fourth-order valence-electron chi connectivity index (χ4n) is 4.09. The predicted molar refractivity (Wildman–Crippen MR) is 135 cm³/mol. The van der Waals surface area contributed by atoms with E-state index in [1.165, 1.54) is 26.9 Å². The summed E-state index contributed by atoms with van der Waals surface area (Å²) in [7, 11) is 4.61. The van der Waals surface area contributed by atoms with Gasteiger partial charge >= 0.3 is 0 Å². The smallest absolute Gasteiger partial charge is 0.254 e. The van der Waals surface area contributed by atoms with Crippen molar-refractivity contribution in [1.82, 2.24) is 14.9 Å². The Morgan fingerprint density at radius 2 is 1.49 bits per heavy atom. The number of amides is 1. The zero-order chi connectivity index (χ0) is 24.9. The lowest BCUT2D eigenvalue weighted by atomic mass is 10.1. The average molecular weight is 478 g/mol. The highest BCUT2D eigenvalue weighted by Gasteiger charge is 2.25. The first kappa shape index (κ1) is 24.1. The molecule has 1 amide bonds. The van der Waals surface area contributed by atoms with Crippen molar-refractivity contribution >= 4 is 23.2 Å². The van der Waals surface area contributed by atoms with E-state index in [1.807, 2.05) is 30.0 Å². The van der Waals surface area contributed by atoms with Gasteiger partial charge in [0.2, 0.25) is 5.75 Å². The number of carbonyl (C=O) groups is 1. The molecule has 0 spiro atoms. The number of hydrogen-bond acceptors (Lipinski definition) is 8. The van der Waals surface area contributed by atoms with Crippen molar-refractivity contribution in [2.24, 2.45) is 0 Å². The van der Waals surface area contributed by atoms with Crippen LogP contribution in [0.15, 0.2) is 42.5 Å². The normalized spacial score (nSPS) is 13.4. The van der Waals surface area contributed by atoms with Gasteiger partial charge in [0, 0.05) is 43.5 Å². The second kappa shape index (κ2) is 10.5. The molecule has 35 heavy (non-hydrogen) atoms. The minimum absolute atomic E-state index is 0.0792. The molecule has 4 rings (SSSR count). The van der Waals surface area contributed by atoms with Gasteiger partial charge in [-0.3, -0.25) is 4.79 Å². The summed E-state index contributed by atoms with van der Waals surface area (Å²) in [5.74, 6) is 3.57. The van der Waals surface area contributed by atoms with Crippen LogP contribution >= 0.6 is 0 Å². The minimum Gasteiger partial charge on any atom is -0.493 e. The molecule has 0 saturated carbocycles. The minimum atomic E-state index is -0.0792. The monoisotopic (exact) mass is 477 g/mol. The summed E-state index contributed by atoms with van der Waals surface area (Å²) >= 11 is 0. The van der Waals surface area contributed by atoms with Gasteiger partial charge in [-0.05, 0) is 38.1 Å². The summed E-state index contributed by atoms with van der Waals surface area (Å²) < 4.78 is 16.2. The molecule has 1 fully saturated rings. The molecule has 3 aromatic rings. The van der Waals surface area contributed by atoms with E-state index in [4.69, 9.17) is 14.2 Å². The molecule has 1 aromatic heterocycles. The maximum absolute atomic E-state index is 13.2. The zero-order valence-corrected chi connectivity index (χ0v) is 20.8. The summed E-state index contributed by atoms with van der Waals surface area (Å²) in [5, 5.41) is 3.35. The van der Waals surface area contributed by atoms with Crippen LogP contribution in [-0.2, 0) is 0 Å². The Labute approximate surface area is 205 Å². The quantitative estimate of drug-likeness (QED) is 0.549. The third-order valence-electron chi connectivity index (χ3n) is 5.95. The lowest BCUT2D eigenvalue weighted by molar-refractivity contribution is 0.0745. The van der Waals surface area contributed by atoms with E-state index in [2.05, 4.69) is 39.2 Å². The van der Waals surface area contributed by atoms with Crippen LogP contribution in [0.2, 0.25) is 0 Å². The van der Waals surface area contributed by atoms with Gasteiger partial charge in [-0.1, -0.05) is 17.7 Å².